The zero-order chi connectivity index (χ0) is 11.4. The summed E-state index contributed by atoms with van der Waals surface area (Å²) < 4.78 is 0. The largest absolute Gasteiger partial charge is 0.394 e. The first kappa shape index (κ1) is 11.9. The van der Waals surface area contributed by atoms with Crippen LogP contribution in [0.4, 0.5) is 5.95 Å². The Bertz CT molecular complexity index is 327. The minimum atomic E-state index is -0.392. The van der Waals surface area contributed by atoms with Gasteiger partial charge in [0.1, 0.15) is 0 Å². The van der Waals surface area contributed by atoms with Gasteiger partial charge in [-0.2, -0.15) is 0 Å². The highest BCUT2D eigenvalue weighted by molar-refractivity contribution is 5.32. The second kappa shape index (κ2) is 5.04. The molecule has 0 aliphatic heterocycles. The fourth-order valence-electron chi connectivity index (χ4n) is 1.32. The first-order valence-corrected chi connectivity index (χ1v) is 4.99. The van der Waals surface area contributed by atoms with Crippen LogP contribution in [-0.2, 0) is 6.42 Å². The van der Waals surface area contributed by atoms with Crippen molar-refractivity contribution in [1.29, 1.82) is 0 Å². The number of aryl methyl sites for hydroxylation is 1. The molecule has 0 fully saturated rings. The van der Waals surface area contributed by atoms with E-state index in [1.165, 1.54) is 0 Å². The zero-order valence-corrected chi connectivity index (χ0v) is 9.44. The van der Waals surface area contributed by atoms with E-state index < -0.39 is 6.04 Å². The van der Waals surface area contributed by atoms with Gasteiger partial charge in [-0.25, -0.2) is 9.97 Å². The molecule has 1 unspecified atom stereocenters. The van der Waals surface area contributed by atoms with Crippen LogP contribution < -0.4 is 10.6 Å². The molecule has 0 radical (unpaired) electrons. The Kier molecular flexibility index (Phi) is 3.99. The van der Waals surface area contributed by atoms with Crippen molar-refractivity contribution in [2.24, 2.45) is 5.73 Å². The van der Waals surface area contributed by atoms with E-state index in [9.17, 15) is 0 Å². The van der Waals surface area contributed by atoms with E-state index in [0.717, 1.165) is 17.7 Å². The van der Waals surface area contributed by atoms with Gasteiger partial charge in [0.15, 0.2) is 0 Å². The molecule has 1 aromatic heterocycles. The number of aromatic nitrogens is 2. The standard InChI is InChI=1S/C10H18N4O/c1-4-9-7(8(11)6-15)5-12-10(13-9)14(2)3/h5,8,15H,4,6,11H2,1-3H3. The Balaban J connectivity index is 3.09. The Labute approximate surface area is 90.0 Å². The Morgan fingerprint density at radius 1 is 1.53 bits per heavy atom. The van der Waals surface area contributed by atoms with Gasteiger partial charge < -0.3 is 15.7 Å². The number of hydrogen-bond donors (Lipinski definition) is 2. The molecule has 5 heteroatoms. The van der Waals surface area contributed by atoms with E-state index in [1.54, 1.807) is 6.20 Å². The van der Waals surface area contributed by atoms with Crippen LogP contribution in [0.15, 0.2) is 6.20 Å². The molecule has 0 bridgehead atoms. The molecule has 0 spiro atoms. The molecular weight excluding hydrogens is 192 g/mol. The van der Waals surface area contributed by atoms with Crippen LogP contribution in [0, 0.1) is 0 Å². The van der Waals surface area contributed by atoms with E-state index in [-0.39, 0.29) is 6.61 Å². The molecule has 3 N–H and O–H groups in total. The SMILES string of the molecule is CCc1nc(N(C)C)ncc1C(N)CO. The molecule has 5 nitrogen and oxygen atoms in total. The Morgan fingerprint density at radius 3 is 2.67 bits per heavy atom. The van der Waals surface area contributed by atoms with Crippen LogP contribution in [0.2, 0.25) is 0 Å². The van der Waals surface area contributed by atoms with Crippen molar-refractivity contribution < 1.29 is 5.11 Å². The van der Waals surface area contributed by atoms with Gasteiger partial charge in [-0.05, 0) is 6.42 Å². The van der Waals surface area contributed by atoms with Crippen LogP contribution in [0.3, 0.4) is 0 Å². The first-order valence-electron chi connectivity index (χ1n) is 4.99. The maximum atomic E-state index is 9.00. The molecular formula is C10H18N4O. The minimum absolute atomic E-state index is 0.0856. The summed E-state index contributed by atoms with van der Waals surface area (Å²) in [7, 11) is 3.78. The average molecular weight is 210 g/mol. The topological polar surface area (TPSA) is 75.3 Å². The van der Waals surface area contributed by atoms with E-state index in [2.05, 4.69) is 9.97 Å². The molecule has 0 aromatic carbocycles. The minimum Gasteiger partial charge on any atom is -0.394 e. The summed E-state index contributed by atoms with van der Waals surface area (Å²) in [5.41, 5.74) is 7.48. The number of nitrogens with two attached hydrogens (primary N) is 1. The second-order valence-electron chi connectivity index (χ2n) is 3.61. The van der Waals surface area contributed by atoms with Crippen molar-refractivity contribution in [2.45, 2.75) is 19.4 Å². The van der Waals surface area contributed by atoms with Gasteiger partial charge in [-0.1, -0.05) is 6.92 Å². The van der Waals surface area contributed by atoms with Crippen molar-refractivity contribution in [2.75, 3.05) is 25.6 Å². The molecule has 0 amide bonds. The molecule has 84 valence electrons. The fraction of sp³-hybridized carbons (Fsp3) is 0.600. The molecule has 1 heterocycles. The lowest BCUT2D eigenvalue weighted by Gasteiger charge is -2.16. The quantitative estimate of drug-likeness (QED) is 0.737. The predicted molar refractivity (Wildman–Crippen MR) is 59.8 cm³/mol. The smallest absolute Gasteiger partial charge is 0.225 e. The van der Waals surface area contributed by atoms with Crippen LogP contribution in [0.25, 0.3) is 0 Å². The third-order valence-corrected chi connectivity index (χ3v) is 2.22. The fourth-order valence-corrected chi connectivity index (χ4v) is 1.32. The van der Waals surface area contributed by atoms with Crippen molar-refractivity contribution in [3.05, 3.63) is 17.5 Å². The van der Waals surface area contributed by atoms with E-state index >= 15 is 0 Å². The Hall–Kier alpha value is -1.20. The van der Waals surface area contributed by atoms with E-state index in [1.807, 2.05) is 25.9 Å². The second-order valence-corrected chi connectivity index (χ2v) is 3.61. The number of rotatable bonds is 4. The molecule has 1 atom stereocenters. The van der Waals surface area contributed by atoms with Crippen LogP contribution in [-0.4, -0.2) is 35.8 Å². The molecule has 0 saturated carbocycles. The number of hydrogen-bond acceptors (Lipinski definition) is 5. The summed E-state index contributed by atoms with van der Waals surface area (Å²) >= 11 is 0. The van der Waals surface area contributed by atoms with Crippen LogP contribution >= 0.6 is 0 Å². The van der Waals surface area contributed by atoms with Gasteiger partial charge >= 0.3 is 0 Å². The lowest BCUT2D eigenvalue weighted by atomic mass is 10.1. The lowest BCUT2D eigenvalue weighted by Crippen LogP contribution is -2.20. The maximum absolute atomic E-state index is 9.00. The van der Waals surface area contributed by atoms with Gasteiger partial charge in [0.25, 0.3) is 0 Å². The Morgan fingerprint density at radius 2 is 2.20 bits per heavy atom. The number of aliphatic hydroxyl groups is 1. The molecule has 0 saturated heterocycles. The monoisotopic (exact) mass is 210 g/mol. The van der Waals surface area contributed by atoms with Gasteiger partial charge in [-0.3, -0.25) is 0 Å². The summed E-state index contributed by atoms with van der Waals surface area (Å²) in [5.74, 6) is 0.667. The molecule has 1 rings (SSSR count). The summed E-state index contributed by atoms with van der Waals surface area (Å²) in [5, 5.41) is 9.00. The lowest BCUT2D eigenvalue weighted by molar-refractivity contribution is 0.267. The highest BCUT2D eigenvalue weighted by Crippen LogP contribution is 2.16. The summed E-state index contributed by atoms with van der Waals surface area (Å²) in [6, 6.07) is -0.392. The molecule has 15 heavy (non-hydrogen) atoms. The normalized spacial score (nSPS) is 12.6. The first-order chi connectivity index (χ1) is 7.10. The van der Waals surface area contributed by atoms with Gasteiger partial charge in [0.05, 0.1) is 18.3 Å². The van der Waals surface area contributed by atoms with Gasteiger partial charge in [-0.15, -0.1) is 0 Å². The molecule has 0 aliphatic carbocycles. The van der Waals surface area contributed by atoms with Gasteiger partial charge in [0.2, 0.25) is 5.95 Å². The number of aliphatic hydroxyl groups excluding tert-OH is 1. The number of nitrogens with zero attached hydrogens (tertiary/aromatic N) is 3. The maximum Gasteiger partial charge on any atom is 0.225 e. The van der Waals surface area contributed by atoms with Crippen molar-refractivity contribution in [3.8, 4) is 0 Å². The average Bonchev–Trinajstić information content (AvgIpc) is 2.27. The zero-order valence-electron chi connectivity index (χ0n) is 9.44. The van der Waals surface area contributed by atoms with Crippen molar-refractivity contribution >= 4 is 5.95 Å². The highest BCUT2D eigenvalue weighted by atomic mass is 16.3. The summed E-state index contributed by atoms with van der Waals surface area (Å²) in [4.78, 5) is 10.4. The van der Waals surface area contributed by atoms with E-state index in [0.29, 0.717) is 5.95 Å². The molecule has 1 aromatic rings. The predicted octanol–water partition coefficient (Wildman–Crippen LogP) is 0.0971. The highest BCUT2D eigenvalue weighted by Gasteiger charge is 2.12. The third-order valence-electron chi connectivity index (χ3n) is 2.22. The third kappa shape index (κ3) is 2.64. The summed E-state index contributed by atoms with van der Waals surface area (Å²) in [6.07, 6.45) is 2.48. The summed E-state index contributed by atoms with van der Waals surface area (Å²) in [6.45, 7) is 1.92. The van der Waals surface area contributed by atoms with Crippen molar-refractivity contribution in [1.82, 2.24) is 9.97 Å². The van der Waals surface area contributed by atoms with Gasteiger partial charge in [0, 0.05) is 25.9 Å². The number of anilines is 1. The van der Waals surface area contributed by atoms with Crippen LogP contribution in [0.1, 0.15) is 24.2 Å². The molecule has 0 aliphatic rings. The van der Waals surface area contributed by atoms with Crippen LogP contribution in [0.5, 0.6) is 0 Å². The van der Waals surface area contributed by atoms with E-state index in [4.69, 9.17) is 10.8 Å². The van der Waals surface area contributed by atoms with Crippen molar-refractivity contribution in [3.63, 3.8) is 0 Å².